The maximum Gasteiger partial charge on any atom is 0.157 e. The van der Waals surface area contributed by atoms with Crippen LogP contribution in [0.3, 0.4) is 0 Å². The number of hydrogen-bond acceptors (Lipinski definition) is 2. The van der Waals surface area contributed by atoms with E-state index in [9.17, 15) is 0 Å². The molecule has 0 spiro atoms. The second-order valence-corrected chi connectivity index (χ2v) is 4.06. The molecule has 0 N–H and O–H groups in total. The van der Waals surface area contributed by atoms with E-state index in [0.717, 1.165) is 43.4 Å². The van der Waals surface area contributed by atoms with Gasteiger partial charge in [-0.3, -0.25) is 0 Å². The second kappa shape index (κ2) is 5.73. The van der Waals surface area contributed by atoms with Gasteiger partial charge in [0, 0.05) is 0 Å². The molecule has 0 amide bonds. The van der Waals surface area contributed by atoms with Crippen molar-refractivity contribution in [2.45, 2.75) is 32.0 Å². The van der Waals surface area contributed by atoms with Gasteiger partial charge in [-0.15, -0.1) is 0 Å². The molecule has 1 aliphatic rings. The molecule has 1 rings (SSSR count). The number of halogens is 1. The zero-order valence-electron chi connectivity index (χ0n) is 7.22. The van der Waals surface area contributed by atoms with Crippen LogP contribution in [-0.2, 0) is 9.47 Å². The summed E-state index contributed by atoms with van der Waals surface area (Å²) < 4.78 is 11.8. The molecule has 0 aromatic rings. The molecule has 0 bridgehead atoms. The molecule has 2 nitrogen and oxygen atoms in total. The van der Waals surface area contributed by atoms with Crippen LogP contribution < -0.4 is 0 Å². The van der Waals surface area contributed by atoms with E-state index < -0.39 is 0 Å². The highest BCUT2D eigenvalue weighted by molar-refractivity contribution is 9.11. The Kier molecular flexibility index (Phi) is 4.88. The molecule has 70 valence electrons. The van der Waals surface area contributed by atoms with Crippen LogP contribution in [-0.4, -0.2) is 19.5 Å². The minimum atomic E-state index is 0.0330. The SMILES string of the molecule is C=C(Br)CCCC1OCCCO1. The summed E-state index contributed by atoms with van der Waals surface area (Å²) in [5, 5.41) is 0. The summed E-state index contributed by atoms with van der Waals surface area (Å²) in [4.78, 5) is 0. The molecule has 0 aliphatic carbocycles. The lowest BCUT2D eigenvalue weighted by molar-refractivity contribution is -0.181. The van der Waals surface area contributed by atoms with Crippen molar-refractivity contribution in [2.24, 2.45) is 0 Å². The smallest absolute Gasteiger partial charge is 0.157 e. The Bertz CT molecular complexity index is 141. The number of rotatable bonds is 4. The summed E-state index contributed by atoms with van der Waals surface area (Å²) in [6, 6.07) is 0. The topological polar surface area (TPSA) is 18.5 Å². The summed E-state index contributed by atoms with van der Waals surface area (Å²) in [6.45, 7) is 5.47. The Morgan fingerprint density at radius 2 is 2.08 bits per heavy atom. The van der Waals surface area contributed by atoms with E-state index in [4.69, 9.17) is 9.47 Å². The van der Waals surface area contributed by atoms with Gasteiger partial charge >= 0.3 is 0 Å². The monoisotopic (exact) mass is 234 g/mol. The van der Waals surface area contributed by atoms with Gasteiger partial charge in [0.1, 0.15) is 0 Å². The normalized spacial score (nSPS) is 19.4. The average Bonchev–Trinajstić information content (AvgIpc) is 2.05. The molecule has 0 aromatic heterocycles. The second-order valence-electron chi connectivity index (χ2n) is 2.93. The van der Waals surface area contributed by atoms with Crippen molar-refractivity contribution in [3.63, 3.8) is 0 Å². The van der Waals surface area contributed by atoms with Crippen molar-refractivity contribution in [1.29, 1.82) is 0 Å². The van der Waals surface area contributed by atoms with Crippen molar-refractivity contribution in [3.05, 3.63) is 11.1 Å². The molecule has 1 aliphatic heterocycles. The van der Waals surface area contributed by atoms with E-state index in [2.05, 4.69) is 22.5 Å². The van der Waals surface area contributed by atoms with E-state index in [1.807, 2.05) is 0 Å². The first kappa shape index (κ1) is 10.2. The maximum atomic E-state index is 5.39. The zero-order valence-corrected chi connectivity index (χ0v) is 8.81. The molecule has 0 aromatic carbocycles. The average molecular weight is 235 g/mol. The van der Waals surface area contributed by atoms with E-state index >= 15 is 0 Å². The van der Waals surface area contributed by atoms with E-state index in [1.54, 1.807) is 0 Å². The lowest BCUT2D eigenvalue weighted by Crippen LogP contribution is -2.24. The molecular weight excluding hydrogens is 220 g/mol. The lowest BCUT2D eigenvalue weighted by Gasteiger charge is -2.22. The molecular formula is C9H15BrO2. The summed E-state index contributed by atoms with van der Waals surface area (Å²) in [5.41, 5.74) is 0. The van der Waals surface area contributed by atoms with Crippen molar-refractivity contribution < 1.29 is 9.47 Å². The Labute approximate surface area is 82.1 Å². The highest BCUT2D eigenvalue weighted by Crippen LogP contribution is 2.16. The van der Waals surface area contributed by atoms with Gasteiger partial charge in [-0.05, 0) is 30.2 Å². The third-order valence-electron chi connectivity index (χ3n) is 1.78. The predicted molar refractivity (Wildman–Crippen MR) is 52.2 cm³/mol. The first-order chi connectivity index (χ1) is 5.79. The van der Waals surface area contributed by atoms with Crippen molar-refractivity contribution in [3.8, 4) is 0 Å². The third-order valence-corrected chi connectivity index (χ3v) is 2.18. The minimum absolute atomic E-state index is 0.0330. The quantitative estimate of drug-likeness (QED) is 0.745. The fourth-order valence-corrected chi connectivity index (χ4v) is 1.44. The van der Waals surface area contributed by atoms with E-state index in [1.165, 1.54) is 0 Å². The van der Waals surface area contributed by atoms with Crippen molar-refractivity contribution in [2.75, 3.05) is 13.2 Å². The molecule has 1 heterocycles. The Hall–Kier alpha value is 0.140. The standard InChI is InChI=1S/C9H15BrO2/c1-8(10)4-2-5-9-11-6-3-7-12-9/h9H,1-7H2. The van der Waals surface area contributed by atoms with Crippen LogP contribution in [0.1, 0.15) is 25.7 Å². The van der Waals surface area contributed by atoms with Gasteiger partial charge < -0.3 is 9.47 Å². The van der Waals surface area contributed by atoms with Crippen molar-refractivity contribution in [1.82, 2.24) is 0 Å². The largest absolute Gasteiger partial charge is 0.353 e. The third kappa shape index (κ3) is 4.24. The Balaban J connectivity index is 2.01. The van der Waals surface area contributed by atoms with Gasteiger partial charge in [0.2, 0.25) is 0 Å². The zero-order chi connectivity index (χ0) is 8.81. The molecule has 0 radical (unpaired) electrons. The summed E-state index contributed by atoms with van der Waals surface area (Å²) in [7, 11) is 0. The van der Waals surface area contributed by atoms with Crippen LogP contribution in [0.5, 0.6) is 0 Å². The van der Waals surface area contributed by atoms with Crippen LogP contribution >= 0.6 is 15.9 Å². The molecule has 12 heavy (non-hydrogen) atoms. The van der Waals surface area contributed by atoms with Crippen LogP contribution in [0.15, 0.2) is 11.1 Å². The lowest BCUT2D eigenvalue weighted by atomic mass is 10.2. The fourth-order valence-electron chi connectivity index (χ4n) is 1.16. The van der Waals surface area contributed by atoms with Gasteiger partial charge in [-0.25, -0.2) is 0 Å². The van der Waals surface area contributed by atoms with Gasteiger partial charge in [0.15, 0.2) is 6.29 Å². The van der Waals surface area contributed by atoms with E-state index in [-0.39, 0.29) is 6.29 Å². The molecule has 1 fully saturated rings. The van der Waals surface area contributed by atoms with Crippen molar-refractivity contribution >= 4 is 15.9 Å². The first-order valence-corrected chi connectivity index (χ1v) is 5.15. The summed E-state index contributed by atoms with van der Waals surface area (Å²) >= 11 is 3.32. The first-order valence-electron chi connectivity index (χ1n) is 4.35. The van der Waals surface area contributed by atoms with Crippen LogP contribution in [0, 0.1) is 0 Å². The van der Waals surface area contributed by atoms with Gasteiger partial charge in [0.25, 0.3) is 0 Å². The van der Waals surface area contributed by atoms with Crippen LogP contribution in [0.2, 0.25) is 0 Å². The molecule has 3 heteroatoms. The van der Waals surface area contributed by atoms with Crippen LogP contribution in [0.4, 0.5) is 0 Å². The Morgan fingerprint density at radius 3 is 2.67 bits per heavy atom. The maximum absolute atomic E-state index is 5.39. The van der Waals surface area contributed by atoms with Gasteiger partial charge in [-0.2, -0.15) is 0 Å². The van der Waals surface area contributed by atoms with Crippen LogP contribution in [0.25, 0.3) is 0 Å². The molecule has 0 atom stereocenters. The number of ether oxygens (including phenoxy) is 2. The predicted octanol–water partition coefficient (Wildman–Crippen LogP) is 2.83. The number of allylic oxidation sites excluding steroid dienone is 1. The molecule has 1 saturated heterocycles. The molecule has 0 saturated carbocycles. The number of hydrogen-bond donors (Lipinski definition) is 0. The summed E-state index contributed by atoms with van der Waals surface area (Å²) in [5.74, 6) is 0. The van der Waals surface area contributed by atoms with E-state index in [0.29, 0.717) is 0 Å². The highest BCUT2D eigenvalue weighted by Gasteiger charge is 2.12. The summed E-state index contributed by atoms with van der Waals surface area (Å²) in [6.07, 6.45) is 4.12. The minimum Gasteiger partial charge on any atom is -0.353 e. The van der Waals surface area contributed by atoms with Gasteiger partial charge in [-0.1, -0.05) is 22.5 Å². The molecule has 0 unspecified atom stereocenters. The fraction of sp³-hybridized carbons (Fsp3) is 0.778. The van der Waals surface area contributed by atoms with Gasteiger partial charge in [0.05, 0.1) is 13.2 Å². The Morgan fingerprint density at radius 1 is 1.42 bits per heavy atom. The highest BCUT2D eigenvalue weighted by atomic mass is 79.9.